The van der Waals surface area contributed by atoms with Crippen LogP contribution in [-0.4, -0.2) is 29.4 Å². The van der Waals surface area contributed by atoms with E-state index in [2.05, 4.69) is 5.10 Å². The van der Waals surface area contributed by atoms with Gasteiger partial charge in [-0.15, -0.1) is 0 Å². The van der Waals surface area contributed by atoms with Crippen LogP contribution in [0.1, 0.15) is 26.3 Å². The predicted molar refractivity (Wildman–Crippen MR) is 67.4 cm³/mol. The van der Waals surface area contributed by atoms with E-state index < -0.39 is 5.60 Å². The number of rotatable bonds is 4. The van der Waals surface area contributed by atoms with Crippen LogP contribution in [0.15, 0.2) is 35.4 Å². The fourth-order valence-electron chi connectivity index (χ4n) is 1.71. The standard InChI is InChI=1S/C13H20N2O/c1-11(2)14-15(4)10-13(3,16)12-8-6-5-7-9-12/h5-9,16H,10H2,1-4H3. The van der Waals surface area contributed by atoms with Gasteiger partial charge in [0.15, 0.2) is 0 Å². The van der Waals surface area contributed by atoms with Gasteiger partial charge >= 0.3 is 0 Å². The van der Waals surface area contributed by atoms with Gasteiger partial charge in [0.25, 0.3) is 0 Å². The smallest absolute Gasteiger partial charge is 0.106 e. The van der Waals surface area contributed by atoms with E-state index in [1.807, 2.05) is 51.2 Å². The van der Waals surface area contributed by atoms with Gasteiger partial charge in [0.1, 0.15) is 5.60 Å². The molecule has 0 radical (unpaired) electrons. The highest BCUT2D eigenvalue weighted by molar-refractivity contribution is 5.78. The van der Waals surface area contributed by atoms with Crippen molar-refractivity contribution in [1.82, 2.24) is 5.01 Å². The summed E-state index contributed by atoms with van der Waals surface area (Å²) >= 11 is 0. The molecule has 1 aromatic rings. The van der Waals surface area contributed by atoms with Gasteiger partial charge in [-0.2, -0.15) is 5.10 Å². The lowest BCUT2D eigenvalue weighted by atomic mass is 9.96. The lowest BCUT2D eigenvalue weighted by Crippen LogP contribution is -2.34. The van der Waals surface area contributed by atoms with Crippen molar-refractivity contribution in [3.63, 3.8) is 0 Å². The van der Waals surface area contributed by atoms with Crippen LogP contribution in [0.2, 0.25) is 0 Å². The Labute approximate surface area is 97.4 Å². The first-order chi connectivity index (χ1) is 7.42. The van der Waals surface area contributed by atoms with Crippen LogP contribution in [0.3, 0.4) is 0 Å². The van der Waals surface area contributed by atoms with Crippen molar-refractivity contribution in [2.75, 3.05) is 13.6 Å². The largest absolute Gasteiger partial charge is 0.384 e. The van der Waals surface area contributed by atoms with Crippen LogP contribution in [0.25, 0.3) is 0 Å². The van der Waals surface area contributed by atoms with Gasteiger partial charge in [0, 0.05) is 12.8 Å². The minimum Gasteiger partial charge on any atom is -0.384 e. The summed E-state index contributed by atoms with van der Waals surface area (Å²) in [6.07, 6.45) is 0. The molecule has 1 atom stereocenters. The zero-order valence-electron chi connectivity index (χ0n) is 10.4. The average molecular weight is 220 g/mol. The Morgan fingerprint density at radius 3 is 2.38 bits per heavy atom. The Kier molecular flexibility index (Phi) is 4.07. The SMILES string of the molecule is CC(C)=NN(C)CC(C)(O)c1ccccc1. The molecule has 0 bridgehead atoms. The molecule has 0 aromatic heterocycles. The maximum Gasteiger partial charge on any atom is 0.106 e. The third-order valence-electron chi connectivity index (χ3n) is 2.30. The second kappa shape index (κ2) is 5.12. The molecule has 88 valence electrons. The number of aliphatic hydroxyl groups is 1. The van der Waals surface area contributed by atoms with E-state index in [9.17, 15) is 5.11 Å². The van der Waals surface area contributed by atoms with Gasteiger partial charge in [-0.05, 0) is 26.3 Å². The molecule has 1 rings (SSSR count). The van der Waals surface area contributed by atoms with Gasteiger partial charge in [-0.3, -0.25) is 5.01 Å². The van der Waals surface area contributed by atoms with E-state index in [4.69, 9.17) is 0 Å². The molecule has 0 aliphatic carbocycles. The molecule has 16 heavy (non-hydrogen) atoms. The monoisotopic (exact) mass is 220 g/mol. The summed E-state index contributed by atoms with van der Waals surface area (Å²) < 4.78 is 0. The van der Waals surface area contributed by atoms with Crippen LogP contribution < -0.4 is 0 Å². The summed E-state index contributed by atoms with van der Waals surface area (Å²) in [7, 11) is 1.87. The zero-order valence-corrected chi connectivity index (χ0v) is 10.4. The highest BCUT2D eigenvalue weighted by Crippen LogP contribution is 2.20. The minimum atomic E-state index is -0.880. The number of hydrogen-bond acceptors (Lipinski definition) is 3. The first kappa shape index (κ1) is 12.7. The number of hydrogen-bond donors (Lipinski definition) is 1. The number of hydrazone groups is 1. The summed E-state index contributed by atoms with van der Waals surface area (Å²) in [6.45, 7) is 6.16. The highest BCUT2D eigenvalue weighted by atomic mass is 16.3. The molecule has 1 aromatic carbocycles. The first-order valence-corrected chi connectivity index (χ1v) is 5.42. The van der Waals surface area contributed by atoms with Crippen molar-refractivity contribution in [2.24, 2.45) is 5.10 Å². The summed E-state index contributed by atoms with van der Waals surface area (Å²) in [5, 5.41) is 16.4. The van der Waals surface area contributed by atoms with E-state index in [1.54, 1.807) is 11.9 Å². The van der Waals surface area contributed by atoms with Gasteiger partial charge < -0.3 is 5.11 Å². The summed E-state index contributed by atoms with van der Waals surface area (Å²) in [4.78, 5) is 0. The lowest BCUT2D eigenvalue weighted by molar-refractivity contribution is 0.0242. The molecular formula is C13H20N2O. The molecule has 1 N–H and O–H groups in total. The molecule has 0 heterocycles. The second-order valence-electron chi connectivity index (χ2n) is 4.50. The second-order valence-corrected chi connectivity index (χ2v) is 4.50. The van der Waals surface area contributed by atoms with Crippen LogP contribution >= 0.6 is 0 Å². The topological polar surface area (TPSA) is 35.8 Å². The zero-order chi connectivity index (χ0) is 12.2. The Hall–Kier alpha value is -1.35. The number of benzene rings is 1. The van der Waals surface area contributed by atoms with Crippen LogP contribution in [0.4, 0.5) is 0 Å². The van der Waals surface area contributed by atoms with E-state index in [0.717, 1.165) is 11.3 Å². The quantitative estimate of drug-likeness (QED) is 0.624. The Bertz CT molecular complexity index is 353. The molecule has 0 saturated heterocycles. The average Bonchev–Trinajstić information content (AvgIpc) is 2.16. The Morgan fingerprint density at radius 1 is 1.31 bits per heavy atom. The van der Waals surface area contributed by atoms with Crippen molar-refractivity contribution in [2.45, 2.75) is 26.4 Å². The molecule has 1 unspecified atom stereocenters. The molecule has 0 amide bonds. The van der Waals surface area contributed by atoms with E-state index >= 15 is 0 Å². The molecule has 0 fully saturated rings. The van der Waals surface area contributed by atoms with Crippen LogP contribution in [-0.2, 0) is 5.60 Å². The molecule has 0 spiro atoms. The highest BCUT2D eigenvalue weighted by Gasteiger charge is 2.24. The van der Waals surface area contributed by atoms with Gasteiger partial charge in [0.05, 0.1) is 6.54 Å². The first-order valence-electron chi connectivity index (χ1n) is 5.42. The molecule has 3 nitrogen and oxygen atoms in total. The summed E-state index contributed by atoms with van der Waals surface area (Å²) in [6, 6.07) is 9.65. The Balaban J connectivity index is 2.76. The fourth-order valence-corrected chi connectivity index (χ4v) is 1.71. The molecule has 0 aliphatic rings. The van der Waals surface area contributed by atoms with E-state index in [1.165, 1.54) is 0 Å². The predicted octanol–water partition coefficient (Wildman–Crippen LogP) is 2.22. The Morgan fingerprint density at radius 2 is 1.88 bits per heavy atom. The van der Waals surface area contributed by atoms with Crippen LogP contribution in [0.5, 0.6) is 0 Å². The van der Waals surface area contributed by atoms with E-state index in [-0.39, 0.29) is 0 Å². The van der Waals surface area contributed by atoms with Crippen molar-refractivity contribution in [1.29, 1.82) is 0 Å². The van der Waals surface area contributed by atoms with Crippen molar-refractivity contribution >= 4 is 5.71 Å². The third-order valence-corrected chi connectivity index (χ3v) is 2.30. The van der Waals surface area contributed by atoms with E-state index in [0.29, 0.717) is 6.54 Å². The van der Waals surface area contributed by atoms with Crippen molar-refractivity contribution < 1.29 is 5.11 Å². The fraction of sp³-hybridized carbons (Fsp3) is 0.462. The number of nitrogens with zero attached hydrogens (tertiary/aromatic N) is 2. The van der Waals surface area contributed by atoms with Gasteiger partial charge in [-0.25, -0.2) is 0 Å². The van der Waals surface area contributed by atoms with Crippen LogP contribution in [0, 0.1) is 0 Å². The lowest BCUT2D eigenvalue weighted by Gasteiger charge is -2.28. The van der Waals surface area contributed by atoms with Crippen molar-refractivity contribution in [3.05, 3.63) is 35.9 Å². The molecule has 0 saturated carbocycles. The van der Waals surface area contributed by atoms with Gasteiger partial charge in [0.2, 0.25) is 0 Å². The maximum atomic E-state index is 10.4. The summed E-state index contributed by atoms with van der Waals surface area (Å²) in [5.74, 6) is 0. The third kappa shape index (κ3) is 3.66. The number of likely N-dealkylation sites (N-methyl/N-ethyl adjacent to an activating group) is 1. The minimum absolute atomic E-state index is 0.474. The van der Waals surface area contributed by atoms with Crippen molar-refractivity contribution in [3.8, 4) is 0 Å². The normalized spacial score (nSPS) is 14.1. The molecular weight excluding hydrogens is 200 g/mol. The molecule has 0 aliphatic heterocycles. The summed E-state index contributed by atoms with van der Waals surface area (Å²) in [5.41, 5.74) is 1.01. The molecule has 3 heteroatoms. The maximum absolute atomic E-state index is 10.4. The van der Waals surface area contributed by atoms with Gasteiger partial charge in [-0.1, -0.05) is 30.3 Å².